The molecule has 1 unspecified atom stereocenters. The lowest BCUT2D eigenvalue weighted by molar-refractivity contribution is -0.384. The molecule has 2 N–H and O–H groups in total. The Hall–Kier alpha value is -1.96. The molecule has 1 amide bonds. The maximum atomic E-state index is 11.8. The first-order valence-corrected chi connectivity index (χ1v) is 7.09. The molecular formula is C13H15BrN2O5. The van der Waals surface area contributed by atoms with Gasteiger partial charge in [-0.1, -0.05) is 35.3 Å². The van der Waals surface area contributed by atoms with Crippen molar-refractivity contribution in [2.24, 2.45) is 0 Å². The smallest absolute Gasteiger partial charge is 0.326 e. The Bertz CT molecular complexity index is 561. The number of aliphatic carboxylic acids is 1. The van der Waals surface area contributed by atoms with Crippen LogP contribution in [0.3, 0.4) is 0 Å². The summed E-state index contributed by atoms with van der Waals surface area (Å²) >= 11 is 3.17. The van der Waals surface area contributed by atoms with Crippen molar-refractivity contribution in [1.29, 1.82) is 0 Å². The standard InChI is InChI=1S/C13H15BrN2O5/c1-2-3-11(13(18)19)15-12(17)6-8-4-5-9(16(20)21)7-10(8)14/h4-5,7,11H,2-3,6H2,1H3,(H,15,17)(H,18,19). The minimum atomic E-state index is -1.08. The maximum Gasteiger partial charge on any atom is 0.326 e. The summed E-state index contributed by atoms with van der Waals surface area (Å²) in [6.07, 6.45) is 0.938. The number of nitro benzene ring substituents is 1. The van der Waals surface area contributed by atoms with Crippen molar-refractivity contribution in [2.75, 3.05) is 0 Å². The Kier molecular flexibility index (Phi) is 6.29. The molecule has 0 aliphatic rings. The van der Waals surface area contributed by atoms with Gasteiger partial charge in [0.05, 0.1) is 11.3 Å². The van der Waals surface area contributed by atoms with Crippen LogP contribution in [0.2, 0.25) is 0 Å². The Morgan fingerprint density at radius 2 is 2.14 bits per heavy atom. The number of hydrogen-bond donors (Lipinski definition) is 2. The summed E-state index contributed by atoms with van der Waals surface area (Å²) in [6.45, 7) is 1.83. The molecule has 0 radical (unpaired) electrons. The largest absolute Gasteiger partial charge is 0.480 e. The fraction of sp³-hybridized carbons (Fsp3) is 0.385. The molecule has 21 heavy (non-hydrogen) atoms. The third-order valence-corrected chi connectivity index (χ3v) is 3.55. The van der Waals surface area contributed by atoms with Gasteiger partial charge in [0.25, 0.3) is 5.69 Å². The number of carbonyl (C=O) groups is 2. The van der Waals surface area contributed by atoms with E-state index < -0.39 is 22.8 Å². The van der Waals surface area contributed by atoms with Gasteiger partial charge in [-0.2, -0.15) is 0 Å². The highest BCUT2D eigenvalue weighted by Crippen LogP contribution is 2.23. The SMILES string of the molecule is CCCC(NC(=O)Cc1ccc([N+](=O)[O-])cc1Br)C(=O)O. The molecule has 1 rings (SSSR count). The highest BCUT2D eigenvalue weighted by atomic mass is 79.9. The van der Waals surface area contributed by atoms with E-state index in [4.69, 9.17) is 5.11 Å². The molecule has 0 saturated heterocycles. The number of rotatable bonds is 7. The fourth-order valence-electron chi connectivity index (χ4n) is 1.76. The van der Waals surface area contributed by atoms with E-state index >= 15 is 0 Å². The zero-order valence-corrected chi connectivity index (χ0v) is 12.9. The van der Waals surface area contributed by atoms with E-state index in [1.165, 1.54) is 18.2 Å². The first-order valence-electron chi connectivity index (χ1n) is 6.30. The average molecular weight is 359 g/mol. The highest BCUT2D eigenvalue weighted by Gasteiger charge is 2.19. The minimum Gasteiger partial charge on any atom is -0.480 e. The topological polar surface area (TPSA) is 110 Å². The lowest BCUT2D eigenvalue weighted by Gasteiger charge is -2.13. The highest BCUT2D eigenvalue weighted by molar-refractivity contribution is 9.10. The molecular weight excluding hydrogens is 344 g/mol. The number of nitrogens with zero attached hydrogens (tertiary/aromatic N) is 1. The van der Waals surface area contributed by atoms with Gasteiger partial charge in [0, 0.05) is 16.6 Å². The predicted octanol–water partition coefficient (Wildman–Crippen LogP) is 2.27. The number of carboxylic acids is 1. The van der Waals surface area contributed by atoms with Crippen LogP contribution in [0.1, 0.15) is 25.3 Å². The molecule has 1 atom stereocenters. The van der Waals surface area contributed by atoms with Crippen LogP contribution in [0.5, 0.6) is 0 Å². The van der Waals surface area contributed by atoms with E-state index in [0.717, 1.165) is 0 Å². The third kappa shape index (κ3) is 5.14. The van der Waals surface area contributed by atoms with Crippen LogP contribution in [0.25, 0.3) is 0 Å². The molecule has 1 aromatic carbocycles. The third-order valence-electron chi connectivity index (χ3n) is 2.81. The summed E-state index contributed by atoms with van der Waals surface area (Å²) in [5.74, 6) is -1.52. The van der Waals surface area contributed by atoms with Gasteiger partial charge >= 0.3 is 5.97 Å². The molecule has 0 fully saturated rings. The number of nitro groups is 1. The number of carbonyl (C=O) groups excluding carboxylic acids is 1. The van der Waals surface area contributed by atoms with E-state index in [1.807, 2.05) is 6.92 Å². The molecule has 0 saturated carbocycles. The number of nitrogens with one attached hydrogen (secondary N) is 1. The zero-order valence-electron chi connectivity index (χ0n) is 11.3. The predicted molar refractivity (Wildman–Crippen MR) is 79.0 cm³/mol. The minimum absolute atomic E-state index is 0.0495. The Morgan fingerprint density at radius 3 is 2.62 bits per heavy atom. The quantitative estimate of drug-likeness (QED) is 0.573. The van der Waals surface area contributed by atoms with E-state index in [9.17, 15) is 19.7 Å². The van der Waals surface area contributed by atoms with Crippen LogP contribution < -0.4 is 5.32 Å². The molecule has 0 aromatic heterocycles. The van der Waals surface area contributed by atoms with Crippen molar-refractivity contribution in [1.82, 2.24) is 5.32 Å². The monoisotopic (exact) mass is 358 g/mol. The van der Waals surface area contributed by atoms with Gasteiger partial charge in [-0.3, -0.25) is 14.9 Å². The van der Waals surface area contributed by atoms with Gasteiger partial charge in [0.15, 0.2) is 0 Å². The summed E-state index contributed by atoms with van der Waals surface area (Å²) in [7, 11) is 0. The Balaban J connectivity index is 2.74. The first-order chi connectivity index (χ1) is 9.85. The van der Waals surface area contributed by atoms with Crippen molar-refractivity contribution < 1.29 is 19.6 Å². The van der Waals surface area contributed by atoms with Gasteiger partial charge in [0.1, 0.15) is 6.04 Å². The van der Waals surface area contributed by atoms with Crippen LogP contribution in [-0.4, -0.2) is 27.9 Å². The zero-order chi connectivity index (χ0) is 16.0. The van der Waals surface area contributed by atoms with Crippen LogP contribution in [0.15, 0.2) is 22.7 Å². The van der Waals surface area contributed by atoms with E-state index in [2.05, 4.69) is 21.2 Å². The average Bonchev–Trinajstić information content (AvgIpc) is 2.40. The number of non-ortho nitro benzene ring substituents is 1. The second-order valence-electron chi connectivity index (χ2n) is 4.46. The van der Waals surface area contributed by atoms with Gasteiger partial charge in [-0.15, -0.1) is 0 Å². The van der Waals surface area contributed by atoms with Crippen molar-refractivity contribution in [3.8, 4) is 0 Å². The van der Waals surface area contributed by atoms with Gasteiger partial charge in [-0.25, -0.2) is 4.79 Å². The Labute approximate surface area is 129 Å². The maximum absolute atomic E-state index is 11.8. The summed E-state index contributed by atoms with van der Waals surface area (Å²) in [4.78, 5) is 32.9. The molecule has 0 bridgehead atoms. The van der Waals surface area contributed by atoms with Gasteiger partial charge in [-0.05, 0) is 12.0 Å². The number of carboxylic acid groups (broad SMARTS) is 1. The first kappa shape index (κ1) is 17.1. The van der Waals surface area contributed by atoms with Gasteiger partial charge in [0.2, 0.25) is 5.91 Å². The van der Waals surface area contributed by atoms with Crippen molar-refractivity contribution in [3.05, 3.63) is 38.3 Å². The molecule has 0 heterocycles. The van der Waals surface area contributed by atoms with E-state index in [0.29, 0.717) is 22.9 Å². The lowest BCUT2D eigenvalue weighted by atomic mass is 10.1. The van der Waals surface area contributed by atoms with Gasteiger partial charge < -0.3 is 10.4 Å². The van der Waals surface area contributed by atoms with Crippen molar-refractivity contribution >= 4 is 33.5 Å². The lowest BCUT2D eigenvalue weighted by Crippen LogP contribution is -2.41. The van der Waals surface area contributed by atoms with Crippen LogP contribution in [0.4, 0.5) is 5.69 Å². The molecule has 114 valence electrons. The summed E-state index contributed by atoms with van der Waals surface area (Å²) in [5.41, 5.74) is 0.471. The molecule has 1 aromatic rings. The second-order valence-corrected chi connectivity index (χ2v) is 5.31. The molecule has 0 aliphatic carbocycles. The number of amides is 1. The van der Waals surface area contributed by atoms with Crippen molar-refractivity contribution in [3.63, 3.8) is 0 Å². The number of benzene rings is 1. The van der Waals surface area contributed by atoms with E-state index in [1.54, 1.807) is 0 Å². The van der Waals surface area contributed by atoms with Crippen LogP contribution in [0, 0.1) is 10.1 Å². The summed E-state index contributed by atoms with van der Waals surface area (Å²) in [6, 6.07) is 3.16. The van der Waals surface area contributed by atoms with Crippen LogP contribution >= 0.6 is 15.9 Å². The molecule has 0 spiro atoms. The fourth-order valence-corrected chi connectivity index (χ4v) is 2.26. The number of halogens is 1. The normalized spacial score (nSPS) is 11.7. The van der Waals surface area contributed by atoms with E-state index in [-0.39, 0.29) is 12.1 Å². The molecule has 0 aliphatic heterocycles. The molecule has 7 nitrogen and oxygen atoms in total. The summed E-state index contributed by atoms with van der Waals surface area (Å²) < 4.78 is 0.439. The molecule has 8 heteroatoms. The Morgan fingerprint density at radius 1 is 1.48 bits per heavy atom. The second kappa shape index (κ2) is 7.72. The van der Waals surface area contributed by atoms with Crippen LogP contribution in [-0.2, 0) is 16.0 Å². The van der Waals surface area contributed by atoms with Crippen molar-refractivity contribution in [2.45, 2.75) is 32.2 Å². The number of hydrogen-bond acceptors (Lipinski definition) is 4. The summed E-state index contributed by atoms with van der Waals surface area (Å²) in [5, 5.41) is 22.0.